The van der Waals surface area contributed by atoms with Gasteiger partial charge in [0.1, 0.15) is 5.82 Å². The molecule has 0 fully saturated rings. The fourth-order valence-electron chi connectivity index (χ4n) is 1.37. The van der Waals surface area contributed by atoms with Crippen molar-refractivity contribution in [2.45, 2.75) is 17.8 Å². The Morgan fingerprint density at radius 2 is 2.19 bits per heavy atom. The summed E-state index contributed by atoms with van der Waals surface area (Å²) < 4.78 is 0. The Labute approximate surface area is 99.1 Å². The third-order valence-corrected chi connectivity index (χ3v) is 3.04. The first-order valence-electron chi connectivity index (χ1n) is 5.01. The predicted molar refractivity (Wildman–Crippen MR) is 67.2 cm³/mol. The molecule has 16 heavy (non-hydrogen) atoms. The van der Waals surface area contributed by atoms with E-state index in [0.29, 0.717) is 5.82 Å². The molecule has 2 N–H and O–H groups in total. The molecule has 1 aromatic heterocycles. The van der Waals surface area contributed by atoms with Crippen molar-refractivity contribution in [2.75, 3.05) is 5.73 Å². The molecule has 2 aromatic rings. The third-order valence-electron chi connectivity index (χ3n) is 2.11. The van der Waals surface area contributed by atoms with Gasteiger partial charge in [-0.15, -0.1) is 0 Å². The zero-order chi connectivity index (χ0) is 11.4. The molecule has 0 aliphatic carbocycles. The molecule has 0 aliphatic rings. The molecule has 0 saturated carbocycles. The average molecular weight is 231 g/mol. The highest BCUT2D eigenvalue weighted by atomic mass is 32.2. The molecular formula is C12H13N3S. The van der Waals surface area contributed by atoms with Crippen molar-refractivity contribution in [2.24, 2.45) is 0 Å². The van der Waals surface area contributed by atoms with Crippen LogP contribution in [0.25, 0.3) is 0 Å². The highest BCUT2D eigenvalue weighted by Gasteiger charge is 1.99. The van der Waals surface area contributed by atoms with Crippen molar-refractivity contribution in [3.05, 3.63) is 47.7 Å². The number of thioether (sulfide) groups is 1. The topological polar surface area (TPSA) is 51.8 Å². The van der Waals surface area contributed by atoms with Crippen LogP contribution in [0.1, 0.15) is 11.1 Å². The standard InChI is InChI=1S/C12H13N3S/c1-9-3-2-4-10(7-9)8-16-12-14-6-5-11(13)15-12/h2-7H,8H2,1H3,(H2,13,14,15). The van der Waals surface area contributed by atoms with Gasteiger partial charge in [-0.05, 0) is 18.6 Å². The van der Waals surface area contributed by atoms with E-state index < -0.39 is 0 Å². The number of nitrogen functional groups attached to an aromatic ring is 1. The number of nitrogens with two attached hydrogens (primary N) is 1. The minimum absolute atomic E-state index is 0.516. The van der Waals surface area contributed by atoms with E-state index in [-0.39, 0.29) is 0 Å². The van der Waals surface area contributed by atoms with Crippen molar-refractivity contribution in [3.8, 4) is 0 Å². The summed E-state index contributed by atoms with van der Waals surface area (Å²) >= 11 is 1.59. The average Bonchev–Trinajstić information content (AvgIpc) is 2.27. The predicted octanol–water partition coefficient (Wildman–Crippen LogP) is 2.66. The van der Waals surface area contributed by atoms with Gasteiger partial charge in [-0.3, -0.25) is 0 Å². The van der Waals surface area contributed by atoms with E-state index >= 15 is 0 Å². The number of hydrogen-bond donors (Lipinski definition) is 1. The molecule has 0 atom stereocenters. The van der Waals surface area contributed by atoms with E-state index in [1.807, 2.05) is 0 Å². The number of benzene rings is 1. The number of anilines is 1. The molecule has 0 amide bonds. The lowest BCUT2D eigenvalue weighted by atomic mass is 10.2. The summed E-state index contributed by atoms with van der Waals surface area (Å²) in [7, 11) is 0. The van der Waals surface area contributed by atoms with E-state index in [0.717, 1.165) is 10.9 Å². The number of hydrogen-bond acceptors (Lipinski definition) is 4. The van der Waals surface area contributed by atoms with Crippen LogP contribution in [-0.2, 0) is 5.75 Å². The largest absolute Gasteiger partial charge is 0.384 e. The van der Waals surface area contributed by atoms with Gasteiger partial charge >= 0.3 is 0 Å². The summed E-state index contributed by atoms with van der Waals surface area (Å²) in [4.78, 5) is 8.29. The van der Waals surface area contributed by atoms with Crippen molar-refractivity contribution < 1.29 is 0 Å². The van der Waals surface area contributed by atoms with E-state index in [1.165, 1.54) is 11.1 Å². The van der Waals surface area contributed by atoms with E-state index in [2.05, 4.69) is 41.2 Å². The quantitative estimate of drug-likeness (QED) is 0.651. The van der Waals surface area contributed by atoms with Crippen molar-refractivity contribution >= 4 is 17.6 Å². The second kappa shape index (κ2) is 4.99. The van der Waals surface area contributed by atoms with Crippen LogP contribution in [0.5, 0.6) is 0 Å². The number of aromatic nitrogens is 2. The maximum atomic E-state index is 5.59. The Bertz CT molecular complexity index is 440. The van der Waals surface area contributed by atoms with Gasteiger partial charge in [-0.2, -0.15) is 0 Å². The summed E-state index contributed by atoms with van der Waals surface area (Å²) in [5.41, 5.74) is 8.13. The van der Waals surface area contributed by atoms with Gasteiger partial charge in [-0.1, -0.05) is 41.6 Å². The minimum Gasteiger partial charge on any atom is -0.384 e. The van der Waals surface area contributed by atoms with Gasteiger partial charge in [0.05, 0.1) is 0 Å². The van der Waals surface area contributed by atoms with Crippen LogP contribution in [0.2, 0.25) is 0 Å². The normalized spacial score (nSPS) is 10.3. The van der Waals surface area contributed by atoms with E-state index in [4.69, 9.17) is 5.73 Å². The smallest absolute Gasteiger partial charge is 0.189 e. The molecule has 0 radical (unpaired) electrons. The Hall–Kier alpha value is -1.55. The fraction of sp³-hybridized carbons (Fsp3) is 0.167. The van der Waals surface area contributed by atoms with Crippen molar-refractivity contribution in [1.29, 1.82) is 0 Å². The lowest BCUT2D eigenvalue weighted by molar-refractivity contribution is 0.975. The van der Waals surface area contributed by atoms with Crippen molar-refractivity contribution in [3.63, 3.8) is 0 Å². The molecule has 0 bridgehead atoms. The molecular weight excluding hydrogens is 218 g/mol. The molecule has 3 nitrogen and oxygen atoms in total. The van der Waals surface area contributed by atoms with Gasteiger partial charge in [0.15, 0.2) is 5.16 Å². The third kappa shape index (κ3) is 2.97. The summed E-state index contributed by atoms with van der Waals surface area (Å²) in [5.74, 6) is 1.38. The Morgan fingerprint density at radius 1 is 1.31 bits per heavy atom. The Kier molecular flexibility index (Phi) is 3.41. The van der Waals surface area contributed by atoms with Crippen LogP contribution in [0.15, 0.2) is 41.7 Å². The number of nitrogens with zero attached hydrogens (tertiary/aromatic N) is 2. The first-order valence-corrected chi connectivity index (χ1v) is 5.99. The first kappa shape index (κ1) is 11.0. The minimum atomic E-state index is 0.516. The maximum Gasteiger partial charge on any atom is 0.189 e. The van der Waals surface area contributed by atoms with Gasteiger partial charge < -0.3 is 5.73 Å². The summed E-state index contributed by atoms with van der Waals surface area (Å²) in [5, 5.41) is 0.724. The summed E-state index contributed by atoms with van der Waals surface area (Å²) in [6.45, 7) is 2.09. The molecule has 4 heteroatoms. The monoisotopic (exact) mass is 231 g/mol. The second-order valence-electron chi connectivity index (χ2n) is 3.54. The zero-order valence-corrected chi connectivity index (χ0v) is 9.87. The van der Waals surface area contributed by atoms with Crippen LogP contribution in [-0.4, -0.2) is 9.97 Å². The molecule has 2 rings (SSSR count). The van der Waals surface area contributed by atoms with Crippen LogP contribution >= 0.6 is 11.8 Å². The van der Waals surface area contributed by atoms with Crippen LogP contribution < -0.4 is 5.73 Å². The van der Waals surface area contributed by atoms with Gasteiger partial charge in [0, 0.05) is 11.9 Å². The number of aryl methyl sites for hydroxylation is 1. The van der Waals surface area contributed by atoms with Crippen LogP contribution in [0.3, 0.4) is 0 Å². The number of rotatable bonds is 3. The highest BCUT2D eigenvalue weighted by molar-refractivity contribution is 7.98. The molecule has 0 spiro atoms. The zero-order valence-electron chi connectivity index (χ0n) is 9.05. The fourth-order valence-corrected chi connectivity index (χ4v) is 2.15. The Balaban J connectivity index is 2.02. The van der Waals surface area contributed by atoms with Gasteiger partial charge in [0.2, 0.25) is 0 Å². The second-order valence-corrected chi connectivity index (χ2v) is 4.48. The SMILES string of the molecule is Cc1cccc(CSc2nccc(N)n2)c1. The van der Waals surface area contributed by atoms with Crippen molar-refractivity contribution in [1.82, 2.24) is 9.97 Å². The molecule has 1 aromatic carbocycles. The summed E-state index contributed by atoms with van der Waals surface area (Å²) in [6.07, 6.45) is 1.68. The highest BCUT2D eigenvalue weighted by Crippen LogP contribution is 2.19. The molecule has 0 saturated heterocycles. The van der Waals surface area contributed by atoms with Gasteiger partial charge in [0.25, 0.3) is 0 Å². The lowest BCUT2D eigenvalue weighted by Crippen LogP contribution is -1.93. The Morgan fingerprint density at radius 3 is 2.94 bits per heavy atom. The maximum absolute atomic E-state index is 5.59. The first-order chi connectivity index (χ1) is 7.74. The van der Waals surface area contributed by atoms with Gasteiger partial charge in [-0.25, -0.2) is 9.97 Å². The molecule has 82 valence electrons. The van der Waals surface area contributed by atoms with Crippen LogP contribution in [0, 0.1) is 6.92 Å². The molecule has 0 unspecified atom stereocenters. The lowest BCUT2D eigenvalue weighted by Gasteiger charge is -2.02. The van der Waals surface area contributed by atoms with Crippen LogP contribution in [0.4, 0.5) is 5.82 Å². The molecule has 1 heterocycles. The molecule has 0 aliphatic heterocycles. The van der Waals surface area contributed by atoms with E-state index in [1.54, 1.807) is 24.0 Å². The van der Waals surface area contributed by atoms with E-state index in [9.17, 15) is 0 Å². The summed E-state index contributed by atoms with van der Waals surface area (Å²) in [6, 6.07) is 10.1.